The first-order valence-corrected chi connectivity index (χ1v) is 7.08. The molecule has 0 spiro atoms. The molecule has 0 aliphatic heterocycles. The summed E-state index contributed by atoms with van der Waals surface area (Å²) < 4.78 is 27.1. The minimum absolute atomic E-state index is 0.00249. The third-order valence-electron chi connectivity index (χ3n) is 2.81. The molecule has 7 nitrogen and oxygen atoms in total. The van der Waals surface area contributed by atoms with Crippen LogP contribution in [-0.4, -0.2) is 36.3 Å². The highest BCUT2D eigenvalue weighted by Gasteiger charge is 2.25. The molecule has 0 fully saturated rings. The van der Waals surface area contributed by atoms with E-state index in [0.717, 1.165) is 4.31 Å². The molecular formula is C12H13N3O4S. The van der Waals surface area contributed by atoms with Gasteiger partial charge in [-0.3, -0.25) is 8.99 Å². The van der Waals surface area contributed by atoms with E-state index in [2.05, 4.69) is 5.10 Å². The predicted molar refractivity (Wildman–Crippen MR) is 72.2 cm³/mol. The summed E-state index contributed by atoms with van der Waals surface area (Å²) in [5.41, 5.74) is 0.0197. The lowest BCUT2D eigenvalue weighted by atomic mass is 10.2. The van der Waals surface area contributed by atoms with E-state index in [1.165, 1.54) is 42.3 Å². The van der Waals surface area contributed by atoms with Crippen molar-refractivity contribution in [3.63, 3.8) is 0 Å². The van der Waals surface area contributed by atoms with Crippen LogP contribution in [0.2, 0.25) is 0 Å². The first-order valence-electron chi connectivity index (χ1n) is 5.64. The summed E-state index contributed by atoms with van der Waals surface area (Å²) >= 11 is 0. The van der Waals surface area contributed by atoms with Crippen LogP contribution in [0.5, 0.6) is 0 Å². The zero-order valence-electron chi connectivity index (χ0n) is 10.9. The first-order chi connectivity index (χ1) is 9.34. The quantitative estimate of drug-likeness (QED) is 0.906. The van der Waals surface area contributed by atoms with Gasteiger partial charge in [0.05, 0.1) is 17.4 Å². The van der Waals surface area contributed by atoms with Crippen molar-refractivity contribution >= 4 is 21.7 Å². The highest BCUT2D eigenvalue weighted by Crippen LogP contribution is 2.25. The van der Waals surface area contributed by atoms with E-state index in [1.807, 2.05) is 0 Å². The Kier molecular flexibility index (Phi) is 3.49. The number of benzene rings is 1. The van der Waals surface area contributed by atoms with Gasteiger partial charge in [0.2, 0.25) is 0 Å². The monoisotopic (exact) mass is 295 g/mol. The summed E-state index contributed by atoms with van der Waals surface area (Å²) in [5.74, 6) is -1.19. The molecule has 0 unspecified atom stereocenters. The van der Waals surface area contributed by atoms with Crippen LogP contribution in [0.15, 0.2) is 41.6 Å². The van der Waals surface area contributed by atoms with Gasteiger partial charge < -0.3 is 5.11 Å². The second kappa shape index (κ2) is 4.97. The number of aryl methyl sites for hydroxylation is 1. The number of aromatic carboxylic acids is 1. The zero-order chi connectivity index (χ0) is 14.9. The summed E-state index contributed by atoms with van der Waals surface area (Å²) in [7, 11) is -0.930. The number of aromatic nitrogens is 2. The van der Waals surface area contributed by atoms with Crippen LogP contribution in [0.4, 0.5) is 5.69 Å². The van der Waals surface area contributed by atoms with E-state index in [1.54, 1.807) is 13.1 Å². The van der Waals surface area contributed by atoms with Crippen molar-refractivity contribution in [2.45, 2.75) is 4.90 Å². The van der Waals surface area contributed by atoms with E-state index in [9.17, 15) is 13.2 Å². The van der Waals surface area contributed by atoms with Crippen molar-refractivity contribution in [2.24, 2.45) is 7.05 Å². The molecule has 0 bridgehead atoms. The predicted octanol–water partition coefficient (Wildman–Crippen LogP) is 0.943. The third-order valence-corrected chi connectivity index (χ3v) is 4.54. The number of hydrogen-bond donors (Lipinski definition) is 1. The molecule has 0 radical (unpaired) electrons. The Morgan fingerprint density at radius 3 is 2.55 bits per heavy atom. The minimum atomic E-state index is -3.84. The normalized spacial score (nSPS) is 11.3. The van der Waals surface area contributed by atoms with E-state index in [0.29, 0.717) is 0 Å². The van der Waals surface area contributed by atoms with Gasteiger partial charge in [-0.15, -0.1) is 0 Å². The fourth-order valence-electron chi connectivity index (χ4n) is 1.75. The molecule has 0 amide bonds. The van der Waals surface area contributed by atoms with Crippen LogP contribution < -0.4 is 4.31 Å². The molecule has 2 aromatic rings. The lowest BCUT2D eigenvalue weighted by Crippen LogP contribution is -2.27. The van der Waals surface area contributed by atoms with Crippen LogP contribution in [0.1, 0.15) is 10.4 Å². The Bertz CT molecular complexity index is 752. The average molecular weight is 295 g/mol. The van der Waals surface area contributed by atoms with Gasteiger partial charge in [0.25, 0.3) is 10.0 Å². The average Bonchev–Trinajstić information content (AvgIpc) is 2.85. The molecule has 0 aliphatic carbocycles. The van der Waals surface area contributed by atoms with Gasteiger partial charge in [-0.25, -0.2) is 13.2 Å². The Hall–Kier alpha value is -2.35. The highest BCUT2D eigenvalue weighted by molar-refractivity contribution is 7.92. The summed E-state index contributed by atoms with van der Waals surface area (Å²) in [4.78, 5) is 11.2. The molecule has 1 aromatic heterocycles. The molecular weight excluding hydrogens is 282 g/mol. The molecule has 0 saturated heterocycles. The van der Waals surface area contributed by atoms with Gasteiger partial charge in [-0.05, 0) is 12.1 Å². The Balaban J connectivity index is 2.51. The molecule has 20 heavy (non-hydrogen) atoms. The van der Waals surface area contributed by atoms with Gasteiger partial charge in [-0.1, -0.05) is 12.1 Å². The number of para-hydroxylation sites is 1. The maximum atomic E-state index is 12.4. The number of nitrogens with zero attached hydrogens (tertiary/aromatic N) is 3. The molecule has 1 heterocycles. The van der Waals surface area contributed by atoms with Crippen LogP contribution >= 0.6 is 0 Å². The largest absolute Gasteiger partial charge is 0.478 e. The number of hydrogen-bond acceptors (Lipinski definition) is 4. The highest BCUT2D eigenvalue weighted by atomic mass is 32.2. The van der Waals surface area contributed by atoms with Crippen LogP contribution in [0, 0.1) is 0 Å². The summed E-state index contributed by atoms with van der Waals surface area (Å²) in [5, 5.41) is 12.9. The molecule has 8 heteroatoms. The summed E-state index contributed by atoms with van der Waals surface area (Å²) in [6.45, 7) is 0. The Morgan fingerprint density at radius 1 is 1.35 bits per heavy atom. The van der Waals surface area contributed by atoms with Crippen LogP contribution in [0.3, 0.4) is 0 Å². The van der Waals surface area contributed by atoms with E-state index in [4.69, 9.17) is 5.11 Å². The van der Waals surface area contributed by atoms with Crippen molar-refractivity contribution in [2.75, 3.05) is 11.4 Å². The van der Waals surface area contributed by atoms with Crippen molar-refractivity contribution in [1.82, 2.24) is 9.78 Å². The standard InChI is InChI=1S/C12H13N3O4S/c1-14-8-9(7-13-14)20(18,19)15(2)11-6-4-3-5-10(11)12(16)17/h3-8H,1-2H3,(H,16,17). The number of anilines is 1. The number of carbonyl (C=O) groups is 1. The molecule has 1 N–H and O–H groups in total. The lowest BCUT2D eigenvalue weighted by molar-refractivity contribution is 0.0698. The topological polar surface area (TPSA) is 92.5 Å². The third kappa shape index (κ3) is 2.37. The SMILES string of the molecule is CN(c1ccccc1C(=O)O)S(=O)(=O)c1cnn(C)c1. The summed E-state index contributed by atoms with van der Waals surface area (Å²) in [6.07, 6.45) is 2.57. The minimum Gasteiger partial charge on any atom is -0.478 e. The molecule has 0 aliphatic rings. The second-order valence-electron chi connectivity index (χ2n) is 4.14. The number of carboxylic acids is 1. The van der Waals surface area contributed by atoms with Crippen molar-refractivity contribution in [3.05, 3.63) is 42.2 Å². The van der Waals surface area contributed by atoms with Crippen LogP contribution in [0.25, 0.3) is 0 Å². The smallest absolute Gasteiger partial charge is 0.337 e. The Morgan fingerprint density at radius 2 is 2.00 bits per heavy atom. The number of carboxylic acid groups (broad SMARTS) is 1. The van der Waals surface area contributed by atoms with Crippen molar-refractivity contribution in [3.8, 4) is 0 Å². The van der Waals surface area contributed by atoms with E-state index >= 15 is 0 Å². The molecule has 2 rings (SSSR count). The maximum Gasteiger partial charge on any atom is 0.337 e. The van der Waals surface area contributed by atoms with E-state index < -0.39 is 16.0 Å². The van der Waals surface area contributed by atoms with Gasteiger partial charge in [0, 0.05) is 20.3 Å². The second-order valence-corrected chi connectivity index (χ2v) is 6.11. The van der Waals surface area contributed by atoms with Gasteiger partial charge in [0.15, 0.2) is 0 Å². The molecule has 0 atom stereocenters. The van der Waals surface area contributed by atoms with Crippen LogP contribution in [-0.2, 0) is 17.1 Å². The van der Waals surface area contributed by atoms with Gasteiger partial charge >= 0.3 is 5.97 Å². The lowest BCUT2D eigenvalue weighted by Gasteiger charge is -2.20. The molecule has 106 valence electrons. The van der Waals surface area contributed by atoms with E-state index in [-0.39, 0.29) is 16.1 Å². The van der Waals surface area contributed by atoms with Crippen molar-refractivity contribution < 1.29 is 18.3 Å². The molecule has 1 aromatic carbocycles. The summed E-state index contributed by atoms with van der Waals surface area (Å²) in [6, 6.07) is 5.92. The number of sulfonamides is 1. The first kappa shape index (κ1) is 14.1. The molecule has 0 saturated carbocycles. The maximum absolute atomic E-state index is 12.4. The fourth-order valence-corrected chi connectivity index (χ4v) is 2.95. The fraction of sp³-hybridized carbons (Fsp3) is 0.167. The van der Waals surface area contributed by atoms with Crippen molar-refractivity contribution in [1.29, 1.82) is 0 Å². The Labute approximate surface area is 116 Å². The zero-order valence-corrected chi connectivity index (χ0v) is 11.7. The van der Waals surface area contributed by atoms with Gasteiger partial charge in [0.1, 0.15) is 4.90 Å². The van der Waals surface area contributed by atoms with Gasteiger partial charge in [-0.2, -0.15) is 5.10 Å². The number of rotatable bonds is 4.